The zero-order valence-electron chi connectivity index (χ0n) is 11.9. The normalized spacial score (nSPS) is 18.4. The Labute approximate surface area is 133 Å². The molecule has 0 aromatic heterocycles. The predicted octanol–water partition coefficient (Wildman–Crippen LogP) is 2.36. The van der Waals surface area contributed by atoms with Gasteiger partial charge in [-0.15, -0.1) is 0 Å². The Balaban J connectivity index is 2.20. The average molecular weight is 355 g/mol. The lowest BCUT2D eigenvalue weighted by Crippen LogP contribution is -2.52. The van der Waals surface area contributed by atoms with Crippen LogP contribution in [-0.2, 0) is 10.0 Å². The van der Waals surface area contributed by atoms with Crippen LogP contribution in [0.25, 0.3) is 0 Å². The number of rotatable bonds is 5. The summed E-state index contributed by atoms with van der Waals surface area (Å²) in [6.45, 7) is 0.259. The van der Waals surface area contributed by atoms with E-state index in [9.17, 15) is 17.2 Å². The minimum Gasteiger partial charge on any atom is -0.433 e. The van der Waals surface area contributed by atoms with Gasteiger partial charge >= 0.3 is 6.61 Å². The van der Waals surface area contributed by atoms with E-state index in [-0.39, 0.29) is 15.7 Å². The number of sulfonamides is 1. The van der Waals surface area contributed by atoms with Crippen molar-refractivity contribution < 1.29 is 21.9 Å². The number of hydrogen-bond acceptors (Lipinski definition) is 4. The monoisotopic (exact) mass is 354 g/mol. The van der Waals surface area contributed by atoms with Gasteiger partial charge in [0.2, 0.25) is 10.0 Å². The fraction of sp³-hybridized carbons (Fsp3) is 0.538. The van der Waals surface area contributed by atoms with E-state index in [4.69, 9.17) is 11.6 Å². The van der Waals surface area contributed by atoms with Gasteiger partial charge in [-0.25, -0.2) is 13.1 Å². The molecule has 0 saturated carbocycles. The third-order valence-electron chi connectivity index (χ3n) is 3.52. The molecule has 0 spiro atoms. The molecular weight excluding hydrogens is 338 g/mol. The maximum Gasteiger partial charge on any atom is 0.387 e. The molecule has 0 bridgehead atoms. The van der Waals surface area contributed by atoms with Crippen LogP contribution in [0.1, 0.15) is 19.8 Å². The minimum atomic E-state index is -3.79. The maximum atomic E-state index is 12.4. The Hall–Kier alpha value is -0.960. The Bertz CT molecular complexity index is 634. The minimum absolute atomic E-state index is 0.0844. The lowest BCUT2D eigenvalue weighted by atomic mass is 9.92. The molecule has 22 heavy (non-hydrogen) atoms. The summed E-state index contributed by atoms with van der Waals surface area (Å²) >= 11 is 5.80. The number of alkyl halides is 2. The van der Waals surface area contributed by atoms with Gasteiger partial charge in [-0.2, -0.15) is 8.78 Å². The van der Waals surface area contributed by atoms with Gasteiger partial charge in [0.1, 0.15) is 5.75 Å². The number of benzene rings is 1. The van der Waals surface area contributed by atoms with Crippen LogP contribution in [0.4, 0.5) is 8.78 Å². The van der Waals surface area contributed by atoms with E-state index in [1.54, 1.807) is 0 Å². The SMILES string of the molecule is CC1(NS(=O)(=O)c2ccc(OC(F)F)c(Cl)c2)CCNCC1. The van der Waals surface area contributed by atoms with Gasteiger partial charge in [-0.3, -0.25) is 0 Å². The van der Waals surface area contributed by atoms with Crippen molar-refractivity contribution in [2.45, 2.75) is 36.8 Å². The molecule has 1 aliphatic rings. The van der Waals surface area contributed by atoms with Gasteiger partial charge in [0, 0.05) is 5.54 Å². The highest BCUT2D eigenvalue weighted by molar-refractivity contribution is 7.89. The molecule has 1 saturated heterocycles. The summed E-state index contributed by atoms with van der Waals surface area (Å²) < 4.78 is 56.0. The first-order chi connectivity index (χ1) is 10.2. The van der Waals surface area contributed by atoms with Crippen LogP contribution < -0.4 is 14.8 Å². The Kier molecular flexibility index (Phi) is 5.26. The zero-order chi connectivity index (χ0) is 16.4. The molecule has 0 amide bonds. The molecule has 0 unspecified atom stereocenters. The summed E-state index contributed by atoms with van der Waals surface area (Å²) in [4.78, 5) is -0.0844. The second-order valence-corrected chi connectivity index (χ2v) is 7.48. The van der Waals surface area contributed by atoms with E-state index in [1.165, 1.54) is 6.07 Å². The molecule has 1 heterocycles. The first kappa shape index (κ1) is 17.4. The van der Waals surface area contributed by atoms with Crippen molar-refractivity contribution in [1.82, 2.24) is 10.0 Å². The van der Waals surface area contributed by atoms with Crippen LogP contribution in [-0.4, -0.2) is 33.7 Å². The van der Waals surface area contributed by atoms with Crippen molar-refractivity contribution in [1.29, 1.82) is 0 Å². The van der Waals surface area contributed by atoms with Gasteiger partial charge < -0.3 is 10.1 Å². The summed E-state index contributed by atoms with van der Waals surface area (Å²) in [5.41, 5.74) is -0.547. The second-order valence-electron chi connectivity index (χ2n) is 5.39. The highest BCUT2D eigenvalue weighted by atomic mass is 35.5. The molecule has 0 atom stereocenters. The number of piperidine rings is 1. The quantitative estimate of drug-likeness (QED) is 0.851. The molecule has 1 fully saturated rings. The van der Waals surface area contributed by atoms with Crippen LogP contribution in [0.3, 0.4) is 0 Å². The van der Waals surface area contributed by atoms with Gasteiger partial charge in [-0.05, 0) is 51.1 Å². The van der Waals surface area contributed by atoms with E-state index in [1.807, 2.05) is 6.92 Å². The van der Waals surface area contributed by atoms with Crippen molar-refractivity contribution in [3.63, 3.8) is 0 Å². The Morgan fingerprint density at radius 3 is 2.55 bits per heavy atom. The van der Waals surface area contributed by atoms with Crippen molar-refractivity contribution >= 4 is 21.6 Å². The van der Waals surface area contributed by atoms with Crippen molar-refractivity contribution in [2.24, 2.45) is 0 Å². The number of ether oxygens (including phenoxy) is 1. The summed E-state index contributed by atoms with van der Waals surface area (Å²) in [7, 11) is -3.79. The van der Waals surface area contributed by atoms with Crippen molar-refractivity contribution in [3.8, 4) is 5.75 Å². The van der Waals surface area contributed by atoms with E-state index < -0.39 is 22.2 Å². The van der Waals surface area contributed by atoms with E-state index >= 15 is 0 Å². The topological polar surface area (TPSA) is 67.4 Å². The number of hydrogen-bond donors (Lipinski definition) is 2. The molecule has 124 valence electrons. The third-order valence-corrected chi connectivity index (χ3v) is 5.45. The van der Waals surface area contributed by atoms with Gasteiger partial charge in [0.15, 0.2) is 0 Å². The van der Waals surface area contributed by atoms with Gasteiger partial charge in [-0.1, -0.05) is 11.6 Å². The van der Waals surface area contributed by atoms with Gasteiger partial charge in [0.05, 0.1) is 9.92 Å². The predicted molar refractivity (Wildman–Crippen MR) is 78.9 cm³/mol. The number of nitrogens with one attached hydrogen (secondary N) is 2. The average Bonchev–Trinajstić information content (AvgIpc) is 2.40. The van der Waals surface area contributed by atoms with E-state index in [2.05, 4.69) is 14.8 Å². The van der Waals surface area contributed by atoms with Crippen LogP contribution in [0.2, 0.25) is 5.02 Å². The van der Waals surface area contributed by atoms with Crippen LogP contribution in [0, 0.1) is 0 Å². The second kappa shape index (κ2) is 6.66. The first-order valence-electron chi connectivity index (χ1n) is 6.71. The highest BCUT2D eigenvalue weighted by Crippen LogP contribution is 2.29. The summed E-state index contributed by atoms with van der Waals surface area (Å²) in [6.07, 6.45) is 1.32. The number of halogens is 3. The standard InChI is InChI=1S/C13H17ClF2N2O3S/c1-13(4-6-17-7-5-13)18-22(19,20)9-2-3-11(10(14)8-9)21-12(15)16/h2-3,8,12,17-18H,4-7H2,1H3. The summed E-state index contributed by atoms with van der Waals surface area (Å²) in [5, 5.41) is 2.97. The molecular formula is C13H17ClF2N2O3S. The Morgan fingerprint density at radius 1 is 1.36 bits per heavy atom. The molecule has 0 aliphatic carbocycles. The molecule has 2 N–H and O–H groups in total. The van der Waals surface area contributed by atoms with E-state index in [0.29, 0.717) is 12.8 Å². The lowest BCUT2D eigenvalue weighted by molar-refractivity contribution is -0.0498. The van der Waals surface area contributed by atoms with Crippen LogP contribution in [0.5, 0.6) is 5.75 Å². The first-order valence-corrected chi connectivity index (χ1v) is 8.57. The molecule has 9 heteroatoms. The van der Waals surface area contributed by atoms with Gasteiger partial charge in [0.25, 0.3) is 0 Å². The Morgan fingerprint density at radius 2 is 2.00 bits per heavy atom. The maximum absolute atomic E-state index is 12.4. The molecule has 1 aromatic rings. The fourth-order valence-electron chi connectivity index (χ4n) is 2.30. The summed E-state index contributed by atoms with van der Waals surface area (Å²) in [5.74, 6) is -0.260. The lowest BCUT2D eigenvalue weighted by Gasteiger charge is -2.34. The smallest absolute Gasteiger partial charge is 0.387 e. The van der Waals surface area contributed by atoms with Crippen LogP contribution in [0.15, 0.2) is 23.1 Å². The highest BCUT2D eigenvalue weighted by Gasteiger charge is 2.32. The molecule has 0 radical (unpaired) electrons. The summed E-state index contributed by atoms with van der Waals surface area (Å²) in [6, 6.07) is 3.41. The fourth-order valence-corrected chi connectivity index (χ4v) is 4.08. The zero-order valence-corrected chi connectivity index (χ0v) is 13.5. The molecule has 1 aromatic carbocycles. The van der Waals surface area contributed by atoms with E-state index in [0.717, 1.165) is 25.2 Å². The molecule has 1 aliphatic heterocycles. The van der Waals surface area contributed by atoms with Crippen LogP contribution >= 0.6 is 11.6 Å². The molecule has 5 nitrogen and oxygen atoms in total. The largest absolute Gasteiger partial charge is 0.433 e. The third kappa shape index (κ3) is 4.28. The molecule has 2 rings (SSSR count). The van der Waals surface area contributed by atoms with Crippen molar-refractivity contribution in [3.05, 3.63) is 23.2 Å². The van der Waals surface area contributed by atoms with Crippen molar-refractivity contribution in [2.75, 3.05) is 13.1 Å².